The van der Waals surface area contributed by atoms with Gasteiger partial charge in [-0.05, 0) is 24.3 Å². The number of hydrogen-bond acceptors (Lipinski definition) is 5. The Morgan fingerprint density at radius 3 is 2.00 bits per heavy atom. The van der Waals surface area contributed by atoms with Crippen molar-refractivity contribution in [1.29, 1.82) is 0 Å². The lowest BCUT2D eigenvalue weighted by Crippen LogP contribution is -2.17. The molecule has 0 saturated heterocycles. The number of H-pyrrole nitrogens is 1. The summed E-state index contributed by atoms with van der Waals surface area (Å²) < 4.78 is 0. The molecule has 4 rings (SSSR count). The van der Waals surface area contributed by atoms with Gasteiger partial charge in [-0.3, -0.25) is 20.0 Å². The molecule has 8 nitrogen and oxygen atoms in total. The van der Waals surface area contributed by atoms with E-state index in [4.69, 9.17) is 0 Å². The summed E-state index contributed by atoms with van der Waals surface area (Å²) in [7, 11) is 0. The molecule has 4 aromatic rings. The van der Waals surface area contributed by atoms with E-state index in [9.17, 15) is 9.59 Å². The van der Waals surface area contributed by atoms with Gasteiger partial charge in [0.15, 0.2) is 5.65 Å². The minimum absolute atomic E-state index is 0.0592. The predicted molar refractivity (Wildman–Crippen MR) is 100 cm³/mol. The Balaban J connectivity index is 1.64. The van der Waals surface area contributed by atoms with Crippen molar-refractivity contribution >= 4 is 34.6 Å². The van der Waals surface area contributed by atoms with Gasteiger partial charge < -0.3 is 5.32 Å². The molecule has 2 amide bonds. The molecule has 0 saturated carbocycles. The molecule has 0 spiro atoms. The average Bonchev–Trinajstić information content (AvgIpc) is 3.18. The molecule has 2 aromatic heterocycles. The largest absolute Gasteiger partial charge is 0.306 e. The van der Waals surface area contributed by atoms with Crippen LogP contribution in [0.3, 0.4) is 0 Å². The zero-order chi connectivity index (χ0) is 18.6. The number of benzene rings is 2. The highest BCUT2D eigenvalue weighted by Crippen LogP contribution is 2.21. The fourth-order valence-corrected chi connectivity index (χ4v) is 2.52. The van der Waals surface area contributed by atoms with E-state index < -0.39 is 0 Å². The van der Waals surface area contributed by atoms with Crippen LogP contribution in [-0.2, 0) is 0 Å². The fourth-order valence-electron chi connectivity index (χ4n) is 2.52. The van der Waals surface area contributed by atoms with Gasteiger partial charge in [-0.1, -0.05) is 36.4 Å². The molecule has 0 unspecified atom stereocenters. The molecule has 0 fully saturated rings. The highest BCUT2D eigenvalue weighted by molar-refractivity contribution is 6.08. The second-order valence-electron chi connectivity index (χ2n) is 5.67. The third kappa shape index (κ3) is 3.49. The highest BCUT2D eigenvalue weighted by Gasteiger charge is 2.15. The van der Waals surface area contributed by atoms with Gasteiger partial charge in [-0.2, -0.15) is 15.1 Å². The molecule has 0 aliphatic heterocycles. The van der Waals surface area contributed by atoms with Crippen LogP contribution >= 0.6 is 0 Å². The van der Waals surface area contributed by atoms with Crippen LogP contribution in [0.1, 0.15) is 20.7 Å². The molecule has 132 valence electrons. The molecule has 0 bridgehead atoms. The second kappa shape index (κ2) is 7.04. The van der Waals surface area contributed by atoms with E-state index in [1.54, 1.807) is 48.5 Å². The van der Waals surface area contributed by atoms with Crippen molar-refractivity contribution in [1.82, 2.24) is 20.2 Å². The first-order chi connectivity index (χ1) is 13.2. The van der Waals surface area contributed by atoms with Crippen LogP contribution in [0, 0.1) is 0 Å². The van der Waals surface area contributed by atoms with Gasteiger partial charge in [-0.25, -0.2) is 0 Å². The van der Waals surface area contributed by atoms with E-state index in [0.29, 0.717) is 22.2 Å². The lowest BCUT2D eigenvalue weighted by Gasteiger charge is -2.08. The number of carbonyl (C=O) groups is 2. The first kappa shape index (κ1) is 16.4. The Morgan fingerprint density at radius 1 is 0.778 bits per heavy atom. The number of nitrogens with zero attached hydrogens (tertiary/aromatic N) is 3. The predicted octanol–water partition coefficient (Wildman–Crippen LogP) is 2.86. The van der Waals surface area contributed by atoms with Crippen molar-refractivity contribution in [2.24, 2.45) is 0 Å². The molecular formula is C19H14N6O2. The van der Waals surface area contributed by atoms with Crippen LogP contribution in [0.2, 0.25) is 0 Å². The Hall–Kier alpha value is -4.07. The van der Waals surface area contributed by atoms with Crippen LogP contribution in [0.25, 0.3) is 11.0 Å². The number of aromatic nitrogens is 4. The SMILES string of the molecule is O=C(Nc1nc(NC(=O)c2ccccc2)c2cn[nH]c2n1)c1ccccc1. The standard InChI is InChI=1S/C19H14N6O2/c26-17(12-7-3-1-4-8-12)21-15-14-11-20-25-16(14)23-19(22-15)24-18(27)13-9-5-2-6-10-13/h1-11H,(H3,20,21,22,23,24,25,26,27). The van der Waals surface area contributed by atoms with E-state index in [2.05, 4.69) is 30.8 Å². The number of hydrogen-bond donors (Lipinski definition) is 3. The summed E-state index contributed by atoms with van der Waals surface area (Å²) >= 11 is 0. The third-order valence-electron chi connectivity index (χ3n) is 3.84. The summed E-state index contributed by atoms with van der Waals surface area (Å²) in [6, 6.07) is 17.5. The van der Waals surface area contributed by atoms with Gasteiger partial charge in [0.05, 0.1) is 11.6 Å². The van der Waals surface area contributed by atoms with E-state index in [-0.39, 0.29) is 23.6 Å². The number of anilines is 2. The maximum Gasteiger partial charge on any atom is 0.258 e. The Bertz CT molecular complexity index is 1110. The van der Waals surface area contributed by atoms with Gasteiger partial charge in [0.2, 0.25) is 5.95 Å². The fraction of sp³-hybridized carbons (Fsp3) is 0. The number of carbonyl (C=O) groups excluding carboxylic acids is 2. The number of nitrogens with one attached hydrogen (secondary N) is 3. The summed E-state index contributed by atoms with van der Waals surface area (Å²) in [5.41, 5.74) is 1.36. The molecule has 27 heavy (non-hydrogen) atoms. The van der Waals surface area contributed by atoms with E-state index in [0.717, 1.165) is 0 Å². The maximum absolute atomic E-state index is 12.4. The summed E-state index contributed by atoms with van der Waals surface area (Å²) in [6.07, 6.45) is 1.51. The van der Waals surface area contributed by atoms with Gasteiger partial charge in [0.25, 0.3) is 11.8 Å². The van der Waals surface area contributed by atoms with Crippen LogP contribution in [0.15, 0.2) is 66.9 Å². The number of fused-ring (bicyclic) bond motifs is 1. The number of rotatable bonds is 4. The Morgan fingerprint density at radius 2 is 1.37 bits per heavy atom. The lowest BCUT2D eigenvalue weighted by molar-refractivity contribution is 0.101. The van der Waals surface area contributed by atoms with E-state index in [1.807, 2.05) is 12.1 Å². The van der Waals surface area contributed by atoms with E-state index >= 15 is 0 Å². The average molecular weight is 358 g/mol. The van der Waals surface area contributed by atoms with Gasteiger partial charge in [0.1, 0.15) is 5.82 Å². The molecule has 0 aliphatic rings. The minimum atomic E-state index is -0.352. The zero-order valence-corrected chi connectivity index (χ0v) is 14.0. The number of aromatic amines is 1. The summed E-state index contributed by atoms with van der Waals surface area (Å²) in [5.74, 6) is -0.359. The molecule has 2 heterocycles. The van der Waals surface area contributed by atoms with Crippen molar-refractivity contribution in [3.63, 3.8) is 0 Å². The van der Waals surface area contributed by atoms with Crippen LogP contribution in [0.5, 0.6) is 0 Å². The molecule has 2 aromatic carbocycles. The molecule has 0 aliphatic carbocycles. The van der Waals surface area contributed by atoms with Crippen molar-refractivity contribution in [2.75, 3.05) is 10.6 Å². The van der Waals surface area contributed by atoms with Crippen LogP contribution < -0.4 is 10.6 Å². The van der Waals surface area contributed by atoms with Gasteiger partial charge >= 0.3 is 0 Å². The Labute approximate surface area is 153 Å². The normalized spacial score (nSPS) is 10.5. The molecular weight excluding hydrogens is 344 g/mol. The monoisotopic (exact) mass is 358 g/mol. The van der Waals surface area contributed by atoms with Crippen LogP contribution in [-0.4, -0.2) is 32.0 Å². The van der Waals surface area contributed by atoms with Gasteiger partial charge in [-0.15, -0.1) is 0 Å². The molecule has 3 N–H and O–H groups in total. The lowest BCUT2D eigenvalue weighted by atomic mass is 10.2. The maximum atomic E-state index is 12.4. The Kier molecular flexibility index (Phi) is 4.28. The molecule has 0 atom stereocenters. The van der Waals surface area contributed by atoms with Crippen molar-refractivity contribution in [2.45, 2.75) is 0 Å². The third-order valence-corrected chi connectivity index (χ3v) is 3.84. The highest BCUT2D eigenvalue weighted by atomic mass is 16.2. The minimum Gasteiger partial charge on any atom is -0.306 e. The quantitative estimate of drug-likeness (QED) is 0.519. The van der Waals surface area contributed by atoms with Crippen molar-refractivity contribution in [3.05, 3.63) is 78.0 Å². The smallest absolute Gasteiger partial charge is 0.258 e. The molecule has 0 radical (unpaired) electrons. The number of amides is 2. The van der Waals surface area contributed by atoms with Gasteiger partial charge in [0, 0.05) is 11.1 Å². The second-order valence-corrected chi connectivity index (χ2v) is 5.67. The summed E-state index contributed by atoms with van der Waals surface area (Å²) in [6.45, 7) is 0. The first-order valence-electron chi connectivity index (χ1n) is 8.14. The molecule has 8 heteroatoms. The van der Waals surface area contributed by atoms with Crippen molar-refractivity contribution < 1.29 is 9.59 Å². The van der Waals surface area contributed by atoms with Crippen molar-refractivity contribution in [3.8, 4) is 0 Å². The topological polar surface area (TPSA) is 113 Å². The van der Waals surface area contributed by atoms with Crippen LogP contribution in [0.4, 0.5) is 11.8 Å². The zero-order valence-electron chi connectivity index (χ0n) is 14.0. The first-order valence-corrected chi connectivity index (χ1v) is 8.14. The van der Waals surface area contributed by atoms with E-state index in [1.165, 1.54) is 6.20 Å². The summed E-state index contributed by atoms with van der Waals surface area (Å²) in [4.78, 5) is 33.3. The summed E-state index contributed by atoms with van der Waals surface area (Å²) in [5, 5.41) is 12.6.